The highest BCUT2D eigenvalue weighted by Crippen LogP contribution is 2.16. The molecule has 1 unspecified atom stereocenters. The van der Waals surface area contributed by atoms with E-state index in [-0.39, 0.29) is 16.8 Å². The second-order valence-corrected chi connectivity index (χ2v) is 6.52. The van der Waals surface area contributed by atoms with Crippen LogP contribution in [0.3, 0.4) is 0 Å². The third-order valence-electron chi connectivity index (χ3n) is 2.41. The summed E-state index contributed by atoms with van der Waals surface area (Å²) >= 11 is 1.67. The Morgan fingerprint density at radius 2 is 1.82 bits per heavy atom. The number of ether oxygens (including phenoxy) is 1. The van der Waals surface area contributed by atoms with Gasteiger partial charge in [0.05, 0.1) is 5.25 Å². The lowest BCUT2D eigenvalue weighted by molar-refractivity contribution is -0.153. The van der Waals surface area contributed by atoms with Crippen molar-refractivity contribution in [3.63, 3.8) is 0 Å². The predicted molar refractivity (Wildman–Crippen MR) is 75.6 cm³/mol. The molecule has 0 aromatic heterocycles. The average molecular weight is 261 g/mol. The van der Waals surface area contributed by atoms with Gasteiger partial charge in [-0.25, -0.2) is 0 Å². The molecule has 0 bridgehead atoms. The van der Waals surface area contributed by atoms with Gasteiger partial charge >= 0.3 is 5.97 Å². The van der Waals surface area contributed by atoms with Crippen LogP contribution in [-0.4, -0.2) is 47.1 Å². The summed E-state index contributed by atoms with van der Waals surface area (Å²) in [6, 6.07) is 0. The molecule has 0 radical (unpaired) electrons. The minimum atomic E-state index is -0.384. The Labute approximate surface area is 110 Å². The molecule has 0 saturated carbocycles. The SMILES string of the molecule is CCN(CC)CCSC(C)C(=O)OC(C)(C)C. The first kappa shape index (κ1) is 16.8. The average Bonchev–Trinajstić information content (AvgIpc) is 2.21. The standard InChI is InChI=1S/C13H27NO2S/c1-7-14(8-2)9-10-17-11(3)12(15)16-13(4,5)6/h11H,7-10H2,1-6H3. The van der Waals surface area contributed by atoms with E-state index in [2.05, 4.69) is 18.7 Å². The lowest BCUT2D eigenvalue weighted by Gasteiger charge is -2.23. The summed E-state index contributed by atoms with van der Waals surface area (Å²) in [6.07, 6.45) is 0. The van der Waals surface area contributed by atoms with Crippen LogP contribution < -0.4 is 0 Å². The molecule has 0 rings (SSSR count). The summed E-state index contributed by atoms with van der Waals surface area (Å²) in [6.45, 7) is 15.1. The van der Waals surface area contributed by atoms with Crippen molar-refractivity contribution in [2.75, 3.05) is 25.4 Å². The van der Waals surface area contributed by atoms with E-state index in [1.807, 2.05) is 27.7 Å². The maximum absolute atomic E-state index is 11.7. The topological polar surface area (TPSA) is 29.5 Å². The fourth-order valence-corrected chi connectivity index (χ4v) is 2.25. The third kappa shape index (κ3) is 8.50. The number of rotatable bonds is 7. The number of hydrogen-bond donors (Lipinski definition) is 0. The molecule has 0 heterocycles. The Kier molecular flexibility index (Phi) is 7.88. The van der Waals surface area contributed by atoms with Crippen molar-refractivity contribution in [1.82, 2.24) is 4.90 Å². The van der Waals surface area contributed by atoms with Crippen molar-refractivity contribution in [1.29, 1.82) is 0 Å². The molecule has 0 aromatic carbocycles. The molecule has 1 atom stereocenters. The fraction of sp³-hybridized carbons (Fsp3) is 0.923. The van der Waals surface area contributed by atoms with Crippen molar-refractivity contribution in [2.24, 2.45) is 0 Å². The number of hydrogen-bond acceptors (Lipinski definition) is 4. The van der Waals surface area contributed by atoms with Crippen molar-refractivity contribution in [3.05, 3.63) is 0 Å². The van der Waals surface area contributed by atoms with E-state index in [1.54, 1.807) is 11.8 Å². The molecule has 0 fully saturated rings. The van der Waals surface area contributed by atoms with E-state index < -0.39 is 0 Å². The quantitative estimate of drug-likeness (QED) is 0.659. The van der Waals surface area contributed by atoms with Crippen LogP contribution in [0.1, 0.15) is 41.5 Å². The number of carbonyl (C=O) groups is 1. The molecule has 102 valence electrons. The molecule has 4 heteroatoms. The van der Waals surface area contributed by atoms with Gasteiger partial charge in [0.1, 0.15) is 5.60 Å². The van der Waals surface area contributed by atoms with Gasteiger partial charge in [0, 0.05) is 12.3 Å². The van der Waals surface area contributed by atoms with Crippen molar-refractivity contribution in [2.45, 2.75) is 52.4 Å². The van der Waals surface area contributed by atoms with Gasteiger partial charge in [-0.1, -0.05) is 13.8 Å². The van der Waals surface area contributed by atoms with Gasteiger partial charge in [-0.3, -0.25) is 4.79 Å². The third-order valence-corrected chi connectivity index (χ3v) is 3.52. The highest BCUT2D eigenvalue weighted by Gasteiger charge is 2.21. The van der Waals surface area contributed by atoms with Crippen LogP contribution in [0.2, 0.25) is 0 Å². The summed E-state index contributed by atoms with van der Waals surface area (Å²) in [5.41, 5.74) is -0.384. The van der Waals surface area contributed by atoms with Crippen LogP contribution >= 0.6 is 11.8 Å². The van der Waals surface area contributed by atoms with E-state index in [4.69, 9.17) is 4.74 Å². The maximum atomic E-state index is 11.7. The molecule has 3 nitrogen and oxygen atoms in total. The molecule has 0 aliphatic heterocycles. The highest BCUT2D eigenvalue weighted by atomic mass is 32.2. The number of carbonyl (C=O) groups excluding carboxylic acids is 1. The van der Waals surface area contributed by atoms with Crippen LogP contribution in [-0.2, 0) is 9.53 Å². The van der Waals surface area contributed by atoms with Gasteiger partial charge in [-0.15, -0.1) is 11.8 Å². The van der Waals surface area contributed by atoms with Gasteiger partial charge in [0.2, 0.25) is 0 Å². The maximum Gasteiger partial charge on any atom is 0.319 e. The lowest BCUT2D eigenvalue weighted by Crippen LogP contribution is -2.30. The molecule has 0 amide bonds. The van der Waals surface area contributed by atoms with Gasteiger partial charge in [0.25, 0.3) is 0 Å². The molecular formula is C13H27NO2S. The monoisotopic (exact) mass is 261 g/mol. The Balaban J connectivity index is 3.86. The van der Waals surface area contributed by atoms with Gasteiger partial charge in [0.15, 0.2) is 0 Å². The molecule has 0 N–H and O–H groups in total. The zero-order valence-corrected chi connectivity index (χ0v) is 12.9. The second kappa shape index (κ2) is 7.98. The van der Waals surface area contributed by atoms with Gasteiger partial charge in [-0.05, 0) is 40.8 Å². The van der Waals surface area contributed by atoms with Crippen LogP contribution in [0, 0.1) is 0 Å². The first-order valence-electron chi connectivity index (χ1n) is 6.37. The van der Waals surface area contributed by atoms with Crippen molar-refractivity contribution >= 4 is 17.7 Å². The number of thioether (sulfide) groups is 1. The summed E-state index contributed by atoms with van der Waals surface area (Å²) in [5.74, 6) is 0.865. The Morgan fingerprint density at radius 1 is 1.29 bits per heavy atom. The smallest absolute Gasteiger partial charge is 0.319 e. The van der Waals surface area contributed by atoms with Crippen LogP contribution in [0.15, 0.2) is 0 Å². The molecule has 0 aromatic rings. The molecule has 0 aliphatic carbocycles. The second-order valence-electron chi connectivity index (χ2n) is 5.07. The largest absolute Gasteiger partial charge is 0.459 e. The summed E-state index contributed by atoms with van der Waals surface area (Å²) in [4.78, 5) is 14.1. The zero-order chi connectivity index (χ0) is 13.5. The molecule has 17 heavy (non-hydrogen) atoms. The lowest BCUT2D eigenvalue weighted by atomic mass is 10.2. The van der Waals surface area contributed by atoms with E-state index in [0.29, 0.717) is 0 Å². The minimum Gasteiger partial charge on any atom is -0.459 e. The summed E-state index contributed by atoms with van der Waals surface area (Å²) < 4.78 is 5.34. The Bertz CT molecular complexity index is 222. The van der Waals surface area contributed by atoms with Gasteiger partial charge < -0.3 is 9.64 Å². The van der Waals surface area contributed by atoms with E-state index in [1.165, 1.54) is 0 Å². The normalized spacial score (nSPS) is 13.8. The molecule has 0 spiro atoms. The highest BCUT2D eigenvalue weighted by molar-refractivity contribution is 8.00. The summed E-state index contributed by atoms with van der Waals surface area (Å²) in [7, 11) is 0. The first-order valence-corrected chi connectivity index (χ1v) is 7.41. The Hall–Kier alpha value is -0.220. The van der Waals surface area contributed by atoms with Gasteiger partial charge in [-0.2, -0.15) is 0 Å². The predicted octanol–water partition coefficient (Wildman–Crippen LogP) is 2.79. The van der Waals surface area contributed by atoms with E-state index in [9.17, 15) is 4.79 Å². The van der Waals surface area contributed by atoms with Crippen LogP contribution in [0.4, 0.5) is 0 Å². The zero-order valence-electron chi connectivity index (χ0n) is 12.1. The van der Waals surface area contributed by atoms with Crippen LogP contribution in [0.5, 0.6) is 0 Å². The molecule has 0 saturated heterocycles. The van der Waals surface area contributed by atoms with Crippen molar-refractivity contribution in [3.8, 4) is 0 Å². The van der Waals surface area contributed by atoms with Crippen LogP contribution in [0.25, 0.3) is 0 Å². The Morgan fingerprint density at radius 3 is 2.24 bits per heavy atom. The summed E-state index contributed by atoms with van der Waals surface area (Å²) in [5, 5.41) is -0.0789. The number of nitrogens with zero attached hydrogens (tertiary/aromatic N) is 1. The van der Waals surface area contributed by atoms with E-state index >= 15 is 0 Å². The molecule has 0 aliphatic rings. The minimum absolute atomic E-state index is 0.0789. The first-order chi connectivity index (χ1) is 7.80. The molecular weight excluding hydrogens is 234 g/mol. The van der Waals surface area contributed by atoms with Crippen molar-refractivity contribution < 1.29 is 9.53 Å². The fourth-order valence-electron chi connectivity index (χ4n) is 1.35. The van der Waals surface area contributed by atoms with E-state index in [0.717, 1.165) is 25.4 Å². The number of esters is 1.